The molecule has 1 saturated carbocycles. The summed E-state index contributed by atoms with van der Waals surface area (Å²) < 4.78 is 0. The number of halogens is 1. The van der Waals surface area contributed by atoms with Gasteiger partial charge in [-0.1, -0.05) is 31.4 Å². The van der Waals surface area contributed by atoms with Gasteiger partial charge in [0, 0.05) is 5.88 Å². The van der Waals surface area contributed by atoms with Gasteiger partial charge in [0.2, 0.25) is 0 Å². The van der Waals surface area contributed by atoms with Gasteiger partial charge in [-0.15, -0.1) is 11.6 Å². The number of allylic oxidation sites excluding steroid dienone is 2. The van der Waals surface area contributed by atoms with Crippen molar-refractivity contribution in [3.8, 4) is 0 Å². The highest BCUT2D eigenvalue weighted by Crippen LogP contribution is 2.24. The van der Waals surface area contributed by atoms with E-state index in [0.717, 1.165) is 18.2 Å². The largest absolute Gasteiger partial charge is 0.127 e. The first-order chi connectivity index (χ1) is 5.93. The predicted octanol–water partition coefficient (Wildman–Crippen LogP) is 4.14. The van der Waals surface area contributed by atoms with Crippen LogP contribution in [0.15, 0.2) is 12.2 Å². The van der Waals surface area contributed by atoms with Crippen LogP contribution in [0.3, 0.4) is 0 Å². The molecule has 12 heavy (non-hydrogen) atoms. The van der Waals surface area contributed by atoms with Gasteiger partial charge in [0.1, 0.15) is 0 Å². The van der Waals surface area contributed by atoms with Gasteiger partial charge in [0.25, 0.3) is 0 Å². The Morgan fingerprint density at radius 2 is 1.92 bits per heavy atom. The minimum Gasteiger partial charge on any atom is -0.127 e. The maximum atomic E-state index is 5.59. The Morgan fingerprint density at radius 1 is 1.17 bits per heavy atom. The highest BCUT2D eigenvalue weighted by atomic mass is 35.5. The summed E-state index contributed by atoms with van der Waals surface area (Å²) in [4.78, 5) is 0. The van der Waals surface area contributed by atoms with Gasteiger partial charge >= 0.3 is 0 Å². The van der Waals surface area contributed by atoms with Crippen molar-refractivity contribution in [3.63, 3.8) is 0 Å². The van der Waals surface area contributed by atoms with Gasteiger partial charge < -0.3 is 0 Å². The van der Waals surface area contributed by atoms with E-state index in [4.69, 9.17) is 11.6 Å². The molecule has 0 atom stereocenters. The lowest BCUT2D eigenvalue weighted by molar-refractivity contribution is 0.419. The summed E-state index contributed by atoms with van der Waals surface area (Å²) in [6.07, 6.45) is 14.2. The summed E-state index contributed by atoms with van der Waals surface area (Å²) >= 11 is 5.59. The van der Waals surface area contributed by atoms with Crippen LogP contribution >= 0.6 is 11.6 Å². The van der Waals surface area contributed by atoms with Gasteiger partial charge in [-0.2, -0.15) is 0 Å². The Hall–Kier alpha value is 0.0300. The second-order valence-corrected chi connectivity index (χ2v) is 4.04. The quantitative estimate of drug-likeness (QED) is 0.352. The van der Waals surface area contributed by atoms with Gasteiger partial charge in [-0.25, -0.2) is 0 Å². The molecule has 0 aromatic rings. The smallest absolute Gasteiger partial charge is 0.0226 e. The summed E-state index contributed by atoms with van der Waals surface area (Å²) in [5.41, 5.74) is 0. The maximum absolute atomic E-state index is 5.59. The molecule has 0 heterocycles. The highest BCUT2D eigenvalue weighted by Gasteiger charge is 2.08. The lowest BCUT2D eigenvalue weighted by Crippen LogP contribution is -2.02. The van der Waals surface area contributed by atoms with Crippen LogP contribution in [0.5, 0.6) is 0 Å². The molecule has 0 saturated heterocycles. The van der Waals surface area contributed by atoms with E-state index in [1.807, 2.05) is 0 Å². The molecule has 0 bridgehead atoms. The predicted molar refractivity (Wildman–Crippen MR) is 55.7 cm³/mol. The Labute approximate surface area is 81.0 Å². The molecular weight excluding hydrogens is 168 g/mol. The fraction of sp³-hybridized carbons (Fsp3) is 0.818. The molecule has 0 nitrogen and oxygen atoms in total. The van der Waals surface area contributed by atoms with Crippen molar-refractivity contribution in [2.24, 2.45) is 5.92 Å². The monoisotopic (exact) mass is 186 g/mol. The minimum absolute atomic E-state index is 0.801. The maximum Gasteiger partial charge on any atom is 0.0226 e. The van der Waals surface area contributed by atoms with Crippen molar-refractivity contribution in [2.75, 3.05) is 5.88 Å². The van der Waals surface area contributed by atoms with Crippen LogP contribution in [0, 0.1) is 5.92 Å². The summed E-state index contributed by atoms with van der Waals surface area (Å²) in [6.45, 7) is 0. The Bertz CT molecular complexity index is 123. The molecule has 1 aliphatic rings. The summed E-state index contributed by atoms with van der Waals surface area (Å²) in [6, 6.07) is 0. The molecule has 70 valence electrons. The van der Waals surface area contributed by atoms with E-state index in [0.29, 0.717) is 0 Å². The van der Waals surface area contributed by atoms with E-state index in [1.165, 1.54) is 38.5 Å². The molecular formula is C11H19Cl. The van der Waals surface area contributed by atoms with Crippen LogP contribution in [0.25, 0.3) is 0 Å². The second kappa shape index (κ2) is 6.54. The normalized spacial score (nSPS) is 20.4. The molecule has 0 aromatic carbocycles. The molecule has 0 amide bonds. The minimum atomic E-state index is 0.801. The van der Waals surface area contributed by atoms with E-state index in [1.54, 1.807) is 0 Å². The first-order valence-electron chi connectivity index (χ1n) is 5.16. The average molecular weight is 187 g/mol. The van der Waals surface area contributed by atoms with Crippen LogP contribution in [0.4, 0.5) is 0 Å². The van der Waals surface area contributed by atoms with Crippen LogP contribution < -0.4 is 0 Å². The van der Waals surface area contributed by atoms with Gasteiger partial charge in [0.05, 0.1) is 0 Å². The standard InChI is InChI=1S/C11H19Cl/c12-10-6-2-5-9-11-7-3-1-4-8-11/h5,9,11H,1-4,6-8,10H2/b9-5+. The third-order valence-electron chi connectivity index (χ3n) is 2.56. The highest BCUT2D eigenvalue weighted by molar-refractivity contribution is 6.17. The van der Waals surface area contributed by atoms with Crippen LogP contribution in [0.1, 0.15) is 44.9 Å². The fourth-order valence-corrected chi connectivity index (χ4v) is 1.96. The molecule has 1 rings (SSSR count). The van der Waals surface area contributed by atoms with Gasteiger partial charge in [-0.05, 0) is 31.6 Å². The van der Waals surface area contributed by atoms with Crippen molar-refractivity contribution >= 4 is 11.6 Å². The van der Waals surface area contributed by atoms with E-state index in [2.05, 4.69) is 12.2 Å². The van der Waals surface area contributed by atoms with E-state index >= 15 is 0 Å². The molecule has 0 unspecified atom stereocenters. The number of unbranched alkanes of at least 4 members (excludes halogenated alkanes) is 1. The first kappa shape index (κ1) is 10.1. The molecule has 0 radical (unpaired) electrons. The number of rotatable bonds is 4. The lowest BCUT2D eigenvalue weighted by atomic mass is 9.89. The third-order valence-corrected chi connectivity index (χ3v) is 2.83. The van der Waals surface area contributed by atoms with Gasteiger partial charge in [0.15, 0.2) is 0 Å². The lowest BCUT2D eigenvalue weighted by Gasteiger charge is -2.17. The van der Waals surface area contributed by atoms with Gasteiger partial charge in [-0.3, -0.25) is 0 Å². The fourth-order valence-electron chi connectivity index (χ4n) is 1.81. The van der Waals surface area contributed by atoms with Crippen molar-refractivity contribution in [3.05, 3.63) is 12.2 Å². The topological polar surface area (TPSA) is 0 Å². The zero-order chi connectivity index (χ0) is 8.65. The van der Waals surface area contributed by atoms with Crippen LogP contribution in [-0.2, 0) is 0 Å². The molecule has 1 fully saturated rings. The Morgan fingerprint density at radius 3 is 2.58 bits per heavy atom. The zero-order valence-electron chi connectivity index (χ0n) is 7.77. The zero-order valence-corrected chi connectivity index (χ0v) is 8.52. The van der Waals surface area contributed by atoms with Crippen molar-refractivity contribution in [1.82, 2.24) is 0 Å². The van der Waals surface area contributed by atoms with Crippen molar-refractivity contribution < 1.29 is 0 Å². The average Bonchev–Trinajstić information content (AvgIpc) is 2.14. The molecule has 0 N–H and O–H groups in total. The summed E-state index contributed by atoms with van der Waals surface area (Å²) in [5, 5.41) is 0. The Kier molecular flexibility index (Phi) is 5.51. The van der Waals surface area contributed by atoms with E-state index < -0.39 is 0 Å². The SMILES string of the molecule is ClCCC/C=C/C1CCCCC1. The number of alkyl halides is 1. The molecule has 1 heteroatoms. The van der Waals surface area contributed by atoms with Crippen LogP contribution in [-0.4, -0.2) is 5.88 Å². The molecule has 0 aliphatic heterocycles. The summed E-state index contributed by atoms with van der Waals surface area (Å²) in [5.74, 6) is 1.68. The second-order valence-electron chi connectivity index (χ2n) is 3.66. The third kappa shape index (κ3) is 4.15. The van der Waals surface area contributed by atoms with E-state index in [-0.39, 0.29) is 0 Å². The first-order valence-corrected chi connectivity index (χ1v) is 5.69. The number of hydrogen-bond donors (Lipinski definition) is 0. The van der Waals surface area contributed by atoms with Crippen molar-refractivity contribution in [1.29, 1.82) is 0 Å². The van der Waals surface area contributed by atoms with Crippen molar-refractivity contribution in [2.45, 2.75) is 44.9 Å². The molecule has 1 aliphatic carbocycles. The number of hydrogen-bond acceptors (Lipinski definition) is 0. The summed E-state index contributed by atoms with van der Waals surface area (Å²) in [7, 11) is 0. The molecule has 0 aromatic heterocycles. The van der Waals surface area contributed by atoms with E-state index in [9.17, 15) is 0 Å². The van der Waals surface area contributed by atoms with Crippen LogP contribution in [0.2, 0.25) is 0 Å². The Balaban J connectivity index is 2.07. The molecule has 0 spiro atoms.